The molecule has 0 radical (unpaired) electrons. The summed E-state index contributed by atoms with van der Waals surface area (Å²) < 4.78 is 0. The molecule has 0 heterocycles. The SMILES string of the molecule is C=C/C=C\C(=C/C)C(CCO)NC=O. The molecule has 0 fully saturated rings. The van der Waals surface area contributed by atoms with Gasteiger partial charge in [0.25, 0.3) is 0 Å². The van der Waals surface area contributed by atoms with Crippen molar-refractivity contribution in [3.63, 3.8) is 0 Å². The van der Waals surface area contributed by atoms with Gasteiger partial charge in [0.15, 0.2) is 0 Å². The fourth-order valence-electron chi connectivity index (χ4n) is 1.15. The number of allylic oxidation sites excluding steroid dienone is 3. The number of aliphatic hydroxyl groups excluding tert-OH is 1. The van der Waals surface area contributed by atoms with E-state index >= 15 is 0 Å². The van der Waals surface area contributed by atoms with Gasteiger partial charge >= 0.3 is 0 Å². The van der Waals surface area contributed by atoms with E-state index in [0.29, 0.717) is 12.8 Å². The van der Waals surface area contributed by atoms with Crippen molar-refractivity contribution in [3.8, 4) is 0 Å². The molecule has 0 aromatic carbocycles. The zero-order chi connectivity index (χ0) is 10.8. The number of nitrogens with one attached hydrogen (secondary N) is 1. The molecule has 0 aliphatic carbocycles. The predicted octanol–water partition coefficient (Wildman–Crippen LogP) is 1.17. The molecule has 0 saturated heterocycles. The van der Waals surface area contributed by atoms with Crippen molar-refractivity contribution in [3.05, 3.63) is 36.5 Å². The third-order valence-corrected chi connectivity index (χ3v) is 1.85. The summed E-state index contributed by atoms with van der Waals surface area (Å²) in [6, 6.07) is -0.126. The number of hydrogen-bond donors (Lipinski definition) is 2. The summed E-state index contributed by atoms with van der Waals surface area (Å²) in [5, 5.41) is 11.5. The second kappa shape index (κ2) is 8.26. The minimum Gasteiger partial charge on any atom is -0.396 e. The molecular formula is C11H17NO2. The van der Waals surface area contributed by atoms with Crippen LogP contribution in [0.15, 0.2) is 36.5 Å². The van der Waals surface area contributed by atoms with Crippen LogP contribution in [0.25, 0.3) is 0 Å². The van der Waals surface area contributed by atoms with Crippen molar-refractivity contribution in [1.29, 1.82) is 0 Å². The molecule has 0 rings (SSSR count). The van der Waals surface area contributed by atoms with Crippen molar-refractivity contribution >= 4 is 6.41 Å². The first-order valence-electron chi connectivity index (χ1n) is 4.56. The van der Waals surface area contributed by atoms with Gasteiger partial charge in [-0.25, -0.2) is 0 Å². The first kappa shape index (κ1) is 12.7. The van der Waals surface area contributed by atoms with Crippen molar-refractivity contribution in [2.24, 2.45) is 0 Å². The lowest BCUT2D eigenvalue weighted by molar-refractivity contribution is -0.110. The Morgan fingerprint density at radius 1 is 1.64 bits per heavy atom. The van der Waals surface area contributed by atoms with Gasteiger partial charge in [-0.1, -0.05) is 30.9 Å². The van der Waals surface area contributed by atoms with Crippen LogP contribution >= 0.6 is 0 Å². The summed E-state index contributed by atoms with van der Waals surface area (Å²) in [6.45, 7) is 5.50. The summed E-state index contributed by atoms with van der Waals surface area (Å²) in [4.78, 5) is 10.3. The van der Waals surface area contributed by atoms with Crippen LogP contribution in [0.4, 0.5) is 0 Å². The Morgan fingerprint density at radius 2 is 2.36 bits per heavy atom. The number of carbonyl (C=O) groups excluding carboxylic acids is 1. The quantitative estimate of drug-likeness (QED) is 0.473. The lowest BCUT2D eigenvalue weighted by Gasteiger charge is -2.15. The molecule has 3 heteroatoms. The monoisotopic (exact) mass is 195 g/mol. The number of amides is 1. The molecule has 2 N–H and O–H groups in total. The van der Waals surface area contributed by atoms with Crippen LogP contribution in [0, 0.1) is 0 Å². The molecule has 0 saturated carbocycles. The lowest BCUT2D eigenvalue weighted by Crippen LogP contribution is -2.30. The average molecular weight is 195 g/mol. The highest BCUT2D eigenvalue weighted by atomic mass is 16.3. The van der Waals surface area contributed by atoms with Gasteiger partial charge in [0.1, 0.15) is 0 Å². The summed E-state index contributed by atoms with van der Waals surface area (Å²) in [5.74, 6) is 0. The van der Waals surface area contributed by atoms with E-state index in [-0.39, 0.29) is 12.6 Å². The Bertz CT molecular complexity index is 231. The number of aliphatic hydroxyl groups is 1. The Morgan fingerprint density at radius 3 is 2.79 bits per heavy atom. The highest BCUT2D eigenvalue weighted by molar-refractivity contribution is 5.49. The first-order valence-corrected chi connectivity index (χ1v) is 4.56. The third kappa shape index (κ3) is 4.62. The molecule has 14 heavy (non-hydrogen) atoms. The van der Waals surface area contributed by atoms with Crippen LogP contribution in [0.1, 0.15) is 13.3 Å². The van der Waals surface area contributed by atoms with Gasteiger partial charge in [-0.05, 0) is 18.9 Å². The van der Waals surface area contributed by atoms with Crippen LogP contribution in [0.3, 0.4) is 0 Å². The molecule has 0 spiro atoms. The Balaban J connectivity index is 4.48. The van der Waals surface area contributed by atoms with Gasteiger partial charge in [-0.2, -0.15) is 0 Å². The number of carbonyl (C=O) groups is 1. The minimum absolute atomic E-state index is 0.0464. The van der Waals surface area contributed by atoms with Crippen LogP contribution in [0.5, 0.6) is 0 Å². The maximum absolute atomic E-state index is 10.3. The molecule has 1 atom stereocenters. The molecule has 0 aliphatic heterocycles. The Labute approximate surface area is 84.8 Å². The molecule has 0 bridgehead atoms. The third-order valence-electron chi connectivity index (χ3n) is 1.85. The standard InChI is InChI=1S/C11H17NO2/c1-3-5-6-10(4-2)11(7-8-13)12-9-14/h3-6,9,11,13H,1,7-8H2,2H3,(H,12,14)/b6-5-,10-4+. The average Bonchev–Trinajstić information content (AvgIpc) is 2.19. The molecule has 0 aliphatic rings. The Kier molecular flexibility index (Phi) is 7.46. The zero-order valence-electron chi connectivity index (χ0n) is 8.44. The molecule has 1 amide bonds. The highest BCUT2D eigenvalue weighted by Crippen LogP contribution is 2.07. The first-order chi connectivity index (χ1) is 6.79. The largest absolute Gasteiger partial charge is 0.396 e. The summed E-state index contributed by atoms with van der Waals surface area (Å²) >= 11 is 0. The zero-order valence-corrected chi connectivity index (χ0v) is 8.44. The van der Waals surface area contributed by atoms with Gasteiger partial charge in [0, 0.05) is 6.61 Å². The minimum atomic E-state index is -0.126. The van der Waals surface area contributed by atoms with E-state index in [2.05, 4.69) is 11.9 Å². The van der Waals surface area contributed by atoms with E-state index in [9.17, 15) is 4.79 Å². The fourth-order valence-corrected chi connectivity index (χ4v) is 1.15. The second-order valence-corrected chi connectivity index (χ2v) is 2.73. The molecule has 3 nitrogen and oxygen atoms in total. The van der Waals surface area contributed by atoms with E-state index in [1.54, 1.807) is 12.2 Å². The van der Waals surface area contributed by atoms with Gasteiger partial charge in [0.05, 0.1) is 6.04 Å². The molecule has 0 aromatic heterocycles. The fraction of sp³-hybridized carbons (Fsp3) is 0.364. The summed E-state index contributed by atoms with van der Waals surface area (Å²) in [5.41, 5.74) is 0.964. The summed E-state index contributed by atoms with van der Waals surface area (Å²) in [7, 11) is 0. The maximum Gasteiger partial charge on any atom is 0.207 e. The van der Waals surface area contributed by atoms with E-state index in [1.807, 2.05) is 19.1 Å². The predicted molar refractivity (Wildman–Crippen MR) is 57.8 cm³/mol. The van der Waals surface area contributed by atoms with Gasteiger partial charge in [-0.3, -0.25) is 4.79 Å². The molecular weight excluding hydrogens is 178 g/mol. The van der Waals surface area contributed by atoms with Gasteiger partial charge in [0.2, 0.25) is 6.41 Å². The maximum atomic E-state index is 10.3. The topological polar surface area (TPSA) is 49.3 Å². The number of hydrogen-bond acceptors (Lipinski definition) is 2. The normalized spacial score (nSPS) is 14.0. The Hall–Kier alpha value is -1.35. The van der Waals surface area contributed by atoms with Crippen molar-refractivity contribution in [1.82, 2.24) is 5.32 Å². The van der Waals surface area contributed by atoms with E-state index in [1.165, 1.54) is 0 Å². The second-order valence-electron chi connectivity index (χ2n) is 2.73. The van der Waals surface area contributed by atoms with Gasteiger partial charge in [-0.15, -0.1) is 0 Å². The van der Waals surface area contributed by atoms with E-state index in [0.717, 1.165) is 5.57 Å². The van der Waals surface area contributed by atoms with Crippen LogP contribution in [-0.2, 0) is 4.79 Å². The van der Waals surface area contributed by atoms with Gasteiger partial charge < -0.3 is 10.4 Å². The smallest absolute Gasteiger partial charge is 0.207 e. The highest BCUT2D eigenvalue weighted by Gasteiger charge is 2.08. The van der Waals surface area contributed by atoms with E-state index in [4.69, 9.17) is 5.11 Å². The molecule has 78 valence electrons. The van der Waals surface area contributed by atoms with Crippen molar-refractivity contribution < 1.29 is 9.90 Å². The van der Waals surface area contributed by atoms with Crippen molar-refractivity contribution in [2.75, 3.05) is 6.61 Å². The molecule has 1 unspecified atom stereocenters. The summed E-state index contributed by atoms with van der Waals surface area (Å²) in [6.07, 6.45) is 8.39. The van der Waals surface area contributed by atoms with Crippen LogP contribution in [-0.4, -0.2) is 24.2 Å². The number of rotatable bonds is 7. The van der Waals surface area contributed by atoms with Crippen molar-refractivity contribution in [2.45, 2.75) is 19.4 Å². The van der Waals surface area contributed by atoms with Crippen LogP contribution < -0.4 is 5.32 Å². The van der Waals surface area contributed by atoms with E-state index < -0.39 is 0 Å². The molecule has 0 aromatic rings. The van der Waals surface area contributed by atoms with Crippen LogP contribution in [0.2, 0.25) is 0 Å². The lowest BCUT2D eigenvalue weighted by atomic mass is 10.0.